The van der Waals surface area contributed by atoms with Crippen molar-refractivity contribution in [2.24, 2.45) is 12.8 Å². The van der Waals surface area contributed by atoms with Gasteiger partial charge in [0, 0.05) is 19.4 Å². The highest BCUT2D eigenvalue weighted by molar-refractivity contribution is 5.98. The molecular formula is C20H18F3N5O3. The van der Waals surface area contributed by atoms with Gasteiger partial charge in [-0.15, -0.1) is 0 Å². The van der Waals surface area contributed by atoms with E-state index in [4.69, 9.17) is 10.5 Å². The van der Waals surface area contributed by atoms with Crippen LogP contribution in [0.5, 0.6) is 11.6 Å². The maximum Gasteiger partial charge on any atom is 0.416 e. The third-order valence-electron chi connectivity index (χ3n) is 4.27. The maximum atomic E-state index is 12.8. The number of rotatable bonds is 6. The van der Waals surface area contributed by atoms with Gasteiger partial charge < -0.3 is 15.8 Å². The number of halogens is 3. The van der Waals surface area contributed by atoms with Gasteiger partial charge in [0.1, 0.15) is 11.8 Å². The van der Waals surface area contributed by atoms with E-state index >= 15 is 0 Å². The Bertz CT molecular complexity index is 1110. The minimum absolute atomic E-state index is 0.0398. The van der Waals surface area contributed by atoms with E-state index < -0.39 is 29.6 Å². The van der Waals surface area contributed by atoms with Crippen LogP contribution >= 0.6 is 0 Å². The molecule has 0 aliphatic rings. The molecule has 0 radical (unpaired) electrons. The topological polar surface area (TPSA) is 112 Å². The average Bonchev–Trinajstić information content (AvgIpc) is 3.14. The van der Waals surface area contributed by atoms with E-state index in [1.54, 1.807) is 19.3 Å². The summed E-state index contributed by atoms with van der Waals surface area (Å²) in [6.45, 7) is 1.44. The Balaban J connectivity index is 1.94. The molecule has 2 aromatic heterocycles. The molecule has 0 saturated carbocycles. The van der Waals surface area contributed by atoms with E-state index in [0.29, 0.717) is 11.3 Å². The minimum Gasteiger partial charge on any atom is -0.438 e. The van der Waals surface area contributed by atoms with Crippen LogP contribution < -0.4 is 15.8 Å². The van der Waals surface area contributed by atoms with Crippen LogP contribution in [0.15, 0.2) is 48.8 Å². The first-order valence-corrected chi connectivity index (χ1v) is 9.00. The predicted octanol–water partition coefficient (Wildman–Crippen LogP) is 2.90. The summed E-state index contributed by atoms with van der Waals surface area (Å²) in [6, 6.07) is 6.34. The number of hydrogen-bond donors (Lipinski definition) is 2. The fraction of sp³-hybridized carbons (Fsp3) is 0.200. The number of benzene rings is 1. The molecule has 1 aromatic carbocycles. The number of aromatic nitrogens is 3. The number of nitrogens with zero attached hydrogens (tertiary/aromatic N) is 3. The van der Waals surface area contributed by atoms with E-state index in [9.17, 15) is 22.8 Å². The Kier molecular flexibility index (Phi) is 5.95. The molecule has 162 valence electrons. The Morgan fingerprint density at radius 3 is 2.42 bits per heavy atom. The first-order chi connectivity index (χ1) is 14.5. The van der Waals surface area contributed by atoms with Gasteiger partial charge in [0.2, 0.25) is 11.8 Å². The normalized spacial score (nSPS) is 12.3. The number of carbonyl (C=O) groups excluding carboxylic acids is 2. The number of primary amides is 1. The molecule has 0 bridgehead atoms. The number of hydrogen-bond acceptors (Lipinski definition) is 5. The summed E-state index contributed by atoms with van der Waals surface area (Å²) in [7, 11) is 1.69. The van der Waals surface area contributed by atoms with Gasteiger partial charge in [0.25, 0.3) is 5.91 Å². The third-order valence-corrected chi connectivity index (χ3v) is 4.27. The fourth-order valence-corrected chi connectivity index (χ4v) is 2.57. The number of alkyl halides is 3. The number of amides is 2. The number of nitrogens with two attached hydrogens (primary N) is 1. The van der Waals surface area contributed by atoms with Gasteiger partial charge in [-0.05, 0) is 43.3 Å². The van der Waals surface area contributed by atoms with Crippen molar-refractivity contribution in [1.29, 1.82) is 0 Å². The van der Waals surface area contributed by atoms with E-state index in [-0.39, 0.29) is 17.2 Å². The largest absolute Gasteiger partial charge is 0.438 e. The molecule has 2 amide bonds. The van der Waals surface area contributed by atoms with Crippen LogP contribution in [-0.2, 0) is 18.0 Å². The van der Waals surface area contributed by atoms with E-state index in [1.807, 2.05) is 0 Å². The molecule has 31 heavy (non-hydrogen) atoms. The van der Waals surface area contributed by atoms with Crippen molar-refractivity contribution in [2.45, 2.75) is 19.1 Å². The molecule has 3 rings (SSSR count). The molecule has 0 saturated heterocycles. The zero-order chi connectivity index (χ0) is 22.8. The lowest BCUT2D eigenvalue weighted by Crippen LogP contribution is -2.42. The summed E-state index contributed by atoms with van der Waals surface area (Å²) < 4.78 is 45.5. The summed E-state index contributed by atoms with van der Waals surface area (Å²) in [5.74, 6) is -1.12. The molecule has 0 aliphatic heterocycles. The third kappa shape index (κ3) is 5.18. The molecule has 8 nitrogen and oxygen atoms in total. The molecule has 0 unspecified atom stereocenters. The Hall–Kier alpha value is -3.89. The van der Waals surface area contributed by atoms with Crippen LogP contribution in [0, 0.1) is 0 Å². The maximum absolute atomic E-state index is 12.8. The van der Waals surface area contributed by atoms with Gasteiger partial charge in [-0.1, -0.05) is 0 Å². The number of aryl methyl sites for hydroxylation is 1. The average molecular weight is 433 g/mol. The second-order valence-electron chi connectivity index (χ2n) is 6.67. The zero-order valence-corrected chi connectivity index (χ0v) is 16.5. The van der Waals surface area contributed by atoms with Crippen molar-refractivity contribution in [2.75, 3.05) is 0 Å². The number of ether oxygens (including phenoxy) is 1. The van der Waals surface area contributed by atoms with Crippen molar-refractivity contribution in [3.8, 4) is 22.9 Å². The number of carbonyl (C=O) groups is 2. The number of pyridine rings is 1. The molecule has 2 heterocycles. The zero-order valence-electron chi connectivity index (χ0n) is 16.5. The molecule has 1 atom stereocenters. The first-order valence-electron chi connectivity index (χ1n) is 9.00. The molecule has 3 aromatic rings. The van der Waals surface area contributed by atoms with Crippen LogP contribution in [0.1, 0.15) is 22.8 Å². The molecule has 0 spiro atoms. The van der Waals surface area contributed by atoms with Crippen LogP contribution in [0.2, 0.25) is 0 Å². The summed E-state index contributed by atoms with van der Waals surface area (Å²) in [5, 5.41) is 6.70. The lowest BCUT2D eigenvalue weighted by atomic mass is 10.1. The summed E-state index contributed by atoms with van der Waals surface area (Å²) in [4.78, 5) is 27.7. The van der Waals surface area contributed by atoms with Crippen LogP contribution in [0.4, 0.5) is 13.2 Å². The van der Waals surface area contributed by atoms with Crippen LogP contribution in [-0.4, -0.2) is 32.6 Å². The molecule has 0 fully saturated rings. The summed E-state index contributed by atoms with van der Waals surface area (Å²) in [6.07, 6.45) is -1.58. The van der Waals surface area contributed by atoms with Crippen LogP contribution in [0.3, 0.4) is 0 Å². The van der Waals surface area contributed by atoms with E-state index in [0.717, 1.165) is 12.1 Å². The Morgan fingerprint density at radius 1 is 1.19 bits per heavy atom. The van der Waals surface area contributed by atoms with Crippen molar-refractivity contribution in [1.82, 2.24) is 20.1 Å². The quantitative estimate of drug-likeness (QED) is 0.621. The Morgan fingerprint density at radius 2 is 1.87 bits per heavy atom. The fourth-order valence-electron chi connectivity index (χ4n) is 2.57. The lowest BCUT2D eigenvalue weighted by Gasteiger charge is -2.13. The van der Waals surface area contributed by atoms with E-state index in [2.05, 4.69) is 15.4 Å². The molecule has 0 aliphatic carbocycles. The second kappa shape index (κ2) is 8.46. The van der Waals surface area contributed by atoms with Gasteiger partial charge in [-0.25, -0.2) is 4.98 Å². The highest BCUT2D eigenvalue weighted by atomic mass is 19.4. The predicted molar refractivity (Wildman–Crippen MR) is 104 cm³/mol. The van der Waals surface area contributed by atoms with Gasteiger partial charge >= 0.3 is 6.18 Å². The highest BCUT2D eigenvalue weighted by Crippen LogP contribution is 2.34. The van der Waals surface area contributed by atoms with E-state index in [1.165, 1.54) is 36.0 Å². The monoisotopic (exact) mass is 433 g/mol. The SMILES string of the molecule is C[C@H](NC(=O)c1cnc(Oc2ccc(C(F)(F)F)cc2)c(-c2ccn(C)n2)c1)C(N)=O. The van der Waals surface area contributed by atoms with Crippen molar-refractivity contribution in [3.05, 3.63) is 59.9 Å². The van der Waals surface area contributed by atoms with Gasteiger partial charge in [0.05, 0.1) is 22.4 Å². The molecule has 11 heteroatoms. The standard InChI is InChI=1S/C20H18F3N5O3/c1-11(17(24)29)26-18(30)12-9-15(16-7-8-28(2)27-16)19(25-10-12)31-14-5-3-13(4-6-14)20(21,22)23/h3-11H,1-2H3,(H2,24,29)(H,26,30)/t11-/m0/s1. The summed E-state index contributed by atoms with van der Waals surface area (Å²) in [5.41, 5.74) is 5.23. The summed E-state index contributed by atoms with van der Waals surface area (Å²) >= 11 is 0. The molecule has 3 N–H and O–H groups in total. The van der Waals surface area contributed by atoms with Crippen molar-refractivity contribution < 1.29 is 27.5 Å². The molecular weight excluding hydrogens is 415 g/mol. The van der Waals surface area contributed by atoms with Crippen molar-refractivity contribution >= 4 is 11.8 Å². The van der Waals surface area contributed by atoms with Gasteiger partial charge in [-0.2, -0.15) is 18.3 Å². The number of nitrogens with one attached hydrogen (secondary N) is 1. The van der Waals surface area contributed by atoms with Gasteiger partial charge in [-0.3, -0.25) is 14.3 Å². The highest BCUT2D eigenvalue weighted by Gasteiger charge is 2.30. The van der Waals surface area contributed by atoms with Gasteiger partial charge in [0.15, 0.2) is 0 Å². The second-order valence-corrected chi connectivity index (χ2v) is 6.67. The van der Waals surface area contributed by atoms with Crippen LogP contribution in [0.25, 0.3) is 11.3 Å². The van der Waals surface area contributed by atoms with Crippen molar-refractivity contribution in [3.63, 3.8) is 0 Å². The first kappa shape index (κ1) is 21.8. The smallest absolute Gasteiger partial charge is 0.416 e. The lowest BCUT2D eigenvalue weighted by molar-refractivity contribution is -0.137. The minimum atomic E-state index is -4.47. The Labute approximate surface area is 174 Å².